The minimum Gasteiger partial charge on any atom is -0.328 e. The summed E-state index contributed by atoms with van der Waals surface area (Å²) in [6.45, 7) is 0. The summed E-state index contributed by atoms with van der Waals surface area (Å²) in [5.41, 5.74) is 0.254. The molecule has 1 aliphatic heterocycles. The van der Waals surface area contributed by atoms with Crippen LogP contribution in [0.4, 0.5) is 4.39 Å². The summed E-state index contributed by atoms with van der Waals surface area (Å²) < 4.78 is 16.8. The van der Waals surface area contributed by atoms with Crippen molar-refractivity contribution in [2.75, 3.05) is 0 Å². The molecule has 2 atom stereocenters. The van der Waals surface area contributed by atoms with Crippen molar-refractivity contribution in [3.63, 3.8) is 0 Å². The third-order valence-electron chi connectivity index (χ3n) is 3.61. The number of alkyl halides is 1. The Bertz CT molecular complexity index is 549. The van der Waals surface area contributed by atoms with Gasteiger partial charge in [0, 0.05) is 23.9 Å². The first-order valence-electron chi connectivity index (χ1n) is 5.72. The SMILES string of the molecule is N#CC1=CCC(F)(C2CCc3cncn32)C=C1. The first kappa shape index (κ1) is 10.3. The lowest BCUT2D eigenvalue weighted by molar-refractivity contribution is 0.146. The van der Waals surface area contributed by atoms with Crippen molar-refractivity contribution < 1.29 is 4.39 Å². The van der Waals surface area contributed by atoms with Crippen molar-refractivity contribution >= 4 is 0 Å². The van der Waals surface area contributed by atoms with Crippen LogP contribution in [0.2, 0.25) is 0 Å². The van der Waals surface area contributed by atoms with E-state index < -0.39 is 5.67 Å². The van der Waals surface area contributed by atoms with Gasteiger partial charge in [0.25, 0.3) is 0 Å². The van der Waals surface area contributed by atoms with E-state index in [1.807, 2.05) is 10.6 Å². The fourth-order valence-corrected chi connectivity index (χ4v) is 2.66. The highest BCUT2D eigenvalue weighted by Crippen LogP contribution is 2.42. The molecule has 0 saturated heterocycles. The Hall–Kier alpha value is -1.89. The molecule has 0 bridgehead atoms. The lowest BCUT2D eigenvalue weighted by Gasteiger charge is -2.30. The zero-order chi connectivity index (χ0) is 11.9. The normalized spacial score (nSPS) is 30.8. The number of fused-ring (bicyclic) bond motifs is 1. The van der Waals surface area contributed by atoms with Gasteiger partial charge in [-0.15, -0.1) is 0 Å². The second-order valence-corrected chi connectivity index (χ2v) is 4.58. The van der Waals surface area contributed by atoms with Crippen molar-refractivity contribution in [2.45, 2.75) is 31.0 Å². The fourth-order valence-electron chi connectivity index (χ4n) is 2.66. The maximum Gasteiger partial charge on any atom is 0.153 e. The van der Waals surface area contributed by atoms with E-state index in [1.54, 1.807) is 24.7 Å². The first-order chi connectivity index (χ1) is 8.23. The molecule has 0 spiro atoms. The molecule has 0 N–H and O–H groups in total. The second-order valence-electron chi connectivity index (χ2n) is 4.58. The van der Waals surface area contributed by atoms with E-state index in [-0.39, 0.29) is 12.5 Å². The molecular formula is C13H12FN3. The van der Waals surface area contributed by atoms with Crippen molar-refractivity contribution in [1.29, 1.82) is 5.26 Å². The summed E-state index contributed by atoms with van der Waals surface area (Å²) in [4.78, 5) is 4.06. The van der Waals surface area contributed by atoms with E-state index in [9.17, 15) is 4.39 Å². The Balaban J connectivity index is 1.91. The third kappa shape index (κ3) is 1.50. The highest BCUT2D eigenvalue weighted by atomic mass is 19.1. The van der Waals surface area contributed by atoms with Crippen LogP contribution >= 0.6 is 0 Å². The van der Waals surface area contributed by atoms with Crippen molar-refractivity contribution in [3.8, 4) is 6.07 Å². The predicted molar refractivity (Wildman–Crippen MR) is 60.9 cm³/mol. The molecule has 3 nitrogen and oxygen atoms in total. The topological polar surface area (TPSA) is 41.6 Å². The second kappa shape index (κ2) is 3.56. The number of hydrogen-bond donors (Lipinski definition) is 0. The Kier molecular flexibility index (Phi) is 2.15. The number of imidazole rings is 1. The maximum atomic E-state index is 14.9. The number of aryl methyl sites for hydroxylation is 1. The van der Waals surface area contributed by atoms with E-state index in [1.165, 1.54) is 6.08 Å². The number of aromatic nitrogens is 2. The molecule has 0 saturated carbocycles. The van der Waals surface area contributed by atoms with Crippen LogP contribution in [0.3, 0.4) is 0 Å². The molecule has 4 heteroatoms. The number of allylic oxidation sites excluding steroid dienone is 4. The number of nitrogens with zero attached hydrogens (tertiary/aromatic N) is 3. The number of rotatable bonds is 1. The summed E-state index contributed by atoms with van der Waals surface area (Å²) in [6, 6.07) is 1.85. The van der Waals surface area contributed by atoms with Crippen LogP contribution in [-0.4, -0.2) is 15.2 Å². The molecule has 2 unspecified atom stereocenters. The van der Waals surface area contributed by atoms with Gasteiger partial charge in [-0.25, -0.2) is 9.37 Å². The molecule has 3 rings (SSSR count). The summed E-state index contributed by atoms with van der Waals surface area (Å²) in [6.07, 6.45) is 10.2. The van der Waals surface area contributed by atoms with E-state index in [0.29, 0.717) is 5.57 Å². The quantitative estimate of drug-likeness (QED) is 0.742. The monoisotopic (exact) mass is 229 g/mol. The number of nitriles is 1. The molecule has 86 valence electrons. The van der Waals surface area contributed by atoms with Crippen LogP contribution in [0.1, 0.15) is 24.6 Å². The largest absolute Gasteiger partial charge is 0.328 e. The smallest absolute Gasteiger partial charge is 0.153 e. The Morgan fingerprint density at radius 2 is 2.47 bits per heavy atom. The standard InChI is InChI=1S/C13H12FN3/c14-13(5-3-10(7-15)4-6-13)12-2-1-11-8-16-9-17(11)12/h3-5,8-9,12H,1-2,6H2. The summed E-state index contributed by atoms with van der Waals surface area (Å²) >= 11 is 0. The van der Waals surface area contributed by atoms with Gasteiger partial charge in [-0.05, 0) is 25.0 Å². The number of hydrogen-bond acceptors (Lipinski definition) is 2. The molecule has 2 heterocycles. The zero-order valence-electron chi connectivity index (χ0n) is 9.31. The first-order valence-corrected chi connectivity index (χ1v) is 5.72. The average Bonchev–Trinajstić information content (AvgIpc) is 2.91. The van der Waals surface area contributed by atoms with Crippen molar-refractivity contribution in [2.24, 2.45) is 0 Å². The van der Waals surface area contributed by atoms with Gasteiger partial charge in [0.2, 0.25) is 0 Å². The van der Waals surface area contributed by atoms with Gasteiger partial charge in [0.1, 0.15) is 0 Å². The Morgan fingerprint density at radius 3 is 3.18 bits per heavy atom. The van der Waals surface area contributed by atoms with E-state index >= 15 is 0 Å². The molecule has 1 aromatic heterocycles. The summed E-state index contributed by atoms with van der Waals surface area (Å²) in [5.74, 6) is 0. The van der Waals surface area contributed by atoms with E-state index in [4.69, 9.17) is 5.26 Å². The average molecular weight is 229 g/mol. The Morgan fingerprint density at radius 1 is 1.59 bits per heavy atom. The third-order valence-corrected chi connectivity index (χ3v) is 3.61. The molecule has 0 fully saturated rings. The van der Waals surface area contributed by atoms with Gasteiger partial charge in [0.05, 0.1) is 18.4 Å². The van der Waals surface area contributed by atoms with Gasteiger partial charge in [0.15, 0.2) is 5.67 Å². The predicted octanol–water partition coefficient (Wildman–Crippen LogP) is 2.49. The molecule has 0 amide bonds. The fraction of sp³-hybridized carbons (Fsp3) is 0.385. The highest BCUT2D eigenvalue weighted by Gasteiger charge is 2.41. The van der Waals surface area contributed by atoms with Crippen LogP contribution in [0.15, 0.2) is 36.3 Å². The van der Waals surface area contributed by atoms with Gasteiger partial charge in [-0.2, -0.15) is 5.26 Å². The number of halogens is 1. The van der Waals surface area contributed by atoms with Crippen LogP contribution in [0.5, 0.6) is 0 Å². The Labute approximate surface area is 98.9 Å². The molecule has 0 radical (unpaired) electrons. The highest BCUT2D eigenvalue weighted by molar-refractivity contribution is 5.39. The van der Waals surface area contributed by atoms with Crippen LogP contribution in [0.25, 0.3) is 0 Å². The van der Waals surface area contributed by atoms with Crippen molar-refractivity contribution in [1.82, 2.24) is 9.55 Å². The van der Waals surface area contributed by atoms with Gasteiger partial charge < -0.3 is 4.57 Å². The van der Waals surface area contributed by atoms with Gasteiger partial charge in [-0.1, -0.05) is 6.08 Å². The van der Waals surface area contributed by atoms with Gasteiger partial charge >= 0.3 is 0 Å². The summed E-state index contributed by atoms with van der Waals surface area (Å²) in [5, 5.41) is 8.74. The van der Waals surface area contributed by atoms with Crippen molar-refractivity contribution in [3.05, 3.63) is 42.0 Å². The van der Waals surface area contributed by atoms with Crippen LogP contribution < -0.4 is 0 Å². The molecule has 1 aromatic rings. The lowest BCUT2D eigenvalue weighted by atomic mass is 9.86. The lowest BCUT2D eigenvalue weighted by Crippen LogP contribution is -2.32. The maximum absolute atomic E-state index is 14.9. The zero-order valence-corrected chi connectivity index (χ0v) is 9.31. The minimum absolute atomic E-state index is 0.187. The minimum atomic E-state index is -1.38. The summed E-state index contributed by atoms with van der Waals surface area (Å²) in [7, 11) is 0. The molecule has 17 heavy (non-hydrogen) atoms. The van der Waals surface area contributed by atoms with E-state index in [0.717, 1.165) is 18.5 Å². The molecule has 0 aromatic carbocycles. The molecule has 2 aliphatic rings. The molecular weight excluding hydrogens is 217 g/mol. The van der Waals surface area contributed by atoms with Crippen LogP contribution in [0, 0.1) is 11.3 Å². The van der Waals surface area contributed by atoms with E-state index in [2.05, 4.69) is 4.98 Å². The van der Waals surface area contributed by atoms with Crippen LogP contribution in [-0.2, 0) is 6.42 Å². The van der Waals surface area contributed by atoms with Gasteiger partial charge in [-0.3, -0.25) is 0 Å². The molecule has 1 aliphatic carbocycles.